The predicted octanol–water partition coefficient (Wildman–Crippen LogP) is 5.72. The van der Waals surface area contributed by atoms with Crippen molar-refractivity contribution in [1.82, 2.24) is 0 Å². The summed E-state index contributed by atoms with van der Waals surface area (Å²) in [7, 11) is 0. The predicted molar refractivity (Wildman–Crippen MR) is 111 cm³/mol. The van der Waals surface area contributed by atoms with Crippen molar-refractivity contribution in [2.24, 2.45) is 40.4 Å². The van der Waals surface area contributed by atoms with Crippen LogP contribution in [0.15, 0.2) is 11.6 Å². The van der Waals surface area contributed by atoms with Gasteiger partial charge >= 0.3 is 0 Å². The zero-order chi connectivity index (χ0) is 19.6. The van der Waals surface area contributed by atoms with E-state index in [1.54, 1.807) is 5.57 Å². The van der Waals surface area contributed by atoms with Crippen molar-refractivity contribution >= 4 is 0 Å². The molecule has 0 spiro atoms. The van der Waals surface area contributed by atoms with E-state index in [0.29, 0.717) is 16.7 Å². The van der Waals surface area contributed by atoms with Gasteiger partial charge in [-0.1, -0.05) is 32.4 Å². The quantitative estimate of drug-likeness (QED) is 0.620. The Morgan fingerprint density at radius 1 is 1.11 bits per heavy atom. The van der Waals surface area contributed by atoms with Crippen molar-refractivity contribution in [2.75, 3.05) is 0 Å². The Bertz CT molecular complexity index is 602. The molecular formula is C25H42O2. The van der Waals surface area contributed by atoms with E-state index in [4.69, 9.17) is 0 Å². The Balaban J connectivity index is 1.57. The standard InChI is InChI=1S/C25H42O2/c1-16(15-23(2,3)27)20-8-9-21-19-7-6-17-14-18(26)10-12-24(17,4)22(19)11-13-25(20,21)5/h6,16,18-22,26-27H,7-15H2,1-5H3/t16?,18-,19?,20+,21?,22?,24-,25+/m0/s1. The maximum absolute atomic E-state index is 10.4. The first-order valence-electron chi connectivity index (χ1n) is 11.6. The van der Waals surface area contributed by atoms with Gasteiger partial charge in [0, 0.05) is 0 Å². The smallest absolute Gasteiger partial charge is 0.0594 e. The first kappa shape index (κ1) is 20.0. The molecule has 0 aromatic heterocycles. The maximum Gasteiger partial charge on any atom is 0.0594 e. The second kappa shape index (κ2) is 6.59. The number of aliphatic hydroxyl groups excluding tert-OH is 1. The van der Waals surface area contributed by atoms with Crippen LogP contribution in [0.2, 0.25) is 0 Å². The van der Waals surface area contributed by atoms with Crippen LogP contribution in [0.3, 0.4) is 0 Å². The third-order valence-electron chi connectivity index (χ3n) is 9.66. The molecule has 3 fully saturated rings. The molecule has 0 aliphatic heterocycles. The van der Waals surface area contributed by atoms with Crippen molar-refractivity contribution in [1.29, 1.82) is 0 Å². The minimum absolute atomic E-state index is 0.103. The number of hydrogen-bond acceptors (Lipinski definition) is 2. The van der Waals surface area contributed by atoms with Gasteiger partial charge in [0.1, 0.15) is 0 Å². The lowest BCUT2D eigenvalue weighted by molar-refractivity contribution is -0.0626. The minimum atomic E-state index is -0.552. The molecule has 0 saturated heterocycles. The minimum Gasteiger partial charge on any atom is -0.393 e. The first-order chi connectivity index (χ1) is 12.5. The molecule has 2 heteroatoms. The van der Waals surface area contributed by atoms with E-state index in [9.17, 15) is 10.2 Å². The van der Waals surface area contributed by atoms with Gasteiger partial charge in [0.2, 0.25) is 0 Å². The third kappa shape index (κ3) is 3.23. The fraction of sp³-hybridized carbons (Fsp3) is 0.920. The molecule has 0 amide bonds. The maximum atomic E-state index is 10.4. The second-order valence-electron chi connectivity index (χ2n) is 11.9. The molecule has 4 unspecified atom stereocenters. The lowest BCUT2D eigenvalue weighted by atomic mass is 9.47. The summed E-state index contributed by atoms with van der Waals surface area (Å²) in [5.74, 6) is 3.89. The molecule has 0 radical (unpaired) electrons. The normalized spacial score (nSPS) is 48.3. The van der Waals surface area contributed by atoms with Gasteiger partial charge in [-0.3, -0.25) is 0 Å². The highest BCUT2D eigenvalue weighted by Crippen LogP contribution is 2.67. The van der Waals surface area contributed by atoms with Crippen LogP contribution in [-0.2, 0) is 0 Å². The fourth-order valence-electron chi connectivity index (χ4n) is 8.55. The summed E-state index contributed by atoms with van der Waals surface area (Å²) in [6.07, 6.45) is 13.2. The lowest BCUT2D eigenvalue weighted by Crippen LogP contribution is -2.51. The van der Waals surface area contributed by atoms with Gasteiger partial charge < -0.3 is 10.2 Å². The largest absolute Gasteiger partial charge is 0.393 e. The van der Waals surface area contributed by atoms with Gasteiger partial charge in [0.05, 0.1) is 11.7 Å². The Hall–Kier alpha value is -0.340. The summed E-state index contributed by atoms with van der Waals surface area (Å²) in [4.78, 5) is 0. The van der Waals surface area contributed by atoms with Gasteiger partial charge in [0.25, 0.3) is 0 Å². The molecule has 3 saturated carbocycles. The molecule has 4 aliphatic carbocycles. The van der Waals surface area contributed by atoms with Crippen LogP contribution in [0.25, 0.3) is 0 Å². The first-order valence-corrected chi connectivity index (χ1v) is 11.6. The zero-order valence-electron chi connectivity index (χ0n) is 18.3. The lowest BCUT2D eigenvalue weighted by Gasteiger charge is -2.58. The van der Waals surface area contributed by atoms with Crippen molar-refractivity contribution in [3.05, 3.63) is 11.6 Å². The van der Waals surface area contributed by atoms with E-state index in [0.717, 1.165) is 42.9 Å². The van der Waals surface area contributed by atoms with Crippen molar-refractivity contribution < 1.29 is 10.2 Å². The van der Waals surface area contributed by atoms with Gasteiger partial charge in [0.15, 0.2) is 0 Å². The van der Waals surface area contributed by atoms with Crippen LogP contribution in [0.5, 0.6) is 0 Å². The topological polar surface area (TPSA) is 40.5 Å². The fourth-order valence-corrected chi connectivity index (χ4v) is 8.55. The van der Waals surface area contributed by atoms with E-state index in [1.165, 1.54) is 38.5 Å². The molecule has 2 nitrogen and oxygen atoms in total. The number of aliphatic hydroxyl groups is 2. The molecule has 154 valence electrons. The van der Waals surface area contributed by atoms with Crippen molar-refractivity contribution in [3.63, 3.8) is 0 Å². The van der Waals surface area contributed by atoms with E-state index in [1.807, 2.05) is 13.8 Å². The molecular weight excluding hydrogens is 332 g/mol. The molecule has 2 N–H and O–H groups in total. The Labute approximate surface area is 166 Å². The molecule has 0 bridgehead atoms. The third-order valence-corrected chi connectivity index (χ3v) is 9.66. The summed E-state index contributed by atoms with van der Waals surface area (Å²) in [5, 5.41) is 20.5. The van der Waals surface area contributed by atoms with Crippen LogP contribution in [-0.4, -0.2) is 21.9 Å². The average Bonchev–Trinajstić information content (AvgIpc) is 2.91. The molecule has 0 aromatic carbocycles. The Kier molecular flexibility index (Phi) is 4.87. The van der Waals surface area contributed by atoms with E-state index < -0.39 is 5.60 Å². The highest BCUT2D eigenvalue weighted by atomic mass is 16.3. The molecule has 4 aliphatic rings. The summed E-state index contributed by atoms with van der Waals surface area (Å²) >= 11 is 0. The highest BCUT2D eigenvalue weighted by molar-refractivity contribution is 5.25. The summed E-state index contributed by atoms with van der Waals surface area (Å²) < 4.78 is 0. The van der Waals surface area contributed by atoms with Gasteiger partial charge in [-0.2, -0.15) is 0 Å². The van der Waals surface area contributed by atoms with Gasteiger partial charge in [-0.15, -0.1) is 0 Å². The number of hydrogen-bond donors (Lipinski definition) is 2. The van der Waals surface area contributed by atoms with Crippen molar-refractivity contribution in [3.8, 4) is 0 Å². The molecule has 27 heavy (non-hydrogen) atoms. The number of fused-ring (bicyclic) bond motifs is 5. The van der Waals surface area contributed by atoms with Crippen molar-refractivity contribution in [2.45, 2.75) is 104 Å². The molecule has 0 heterocycles. The number of rotatable bonds is 3. The monoisotopic (exact) mass is 374 g/mol. The Morgan fingerprint density at radius 3 is 2.56 bits per heavy atom. The van der Waals surface area contributed by atoms with Gasteiger partial charge in [-0.05, 0) is 112 Å². The SMILES string of the molecule is CC(CC(C)(C)O)[C@H]1CCC2C3CC=C4C[C@@H](O)CC[C@]4(C)C3CC[C@@]21C. The van der Waals surface area contributed by atoms with Crippen LogP contribution in [0.1, 0.15) is 92.4 Å². The molecule has 0 aromatic rings. The van der Waals surface area contributed by atoms with E-state index in [-0.39, 0.29) is 6.10 Å². The summed E-state index contributed by atoms with van der Waals surface area (Å²) in [6, 6.07) is 0. The van der Waals surface area contributed by atoms with Crippen LogP contribution < -0.4 is 0 Å². The van der Waals surface area contributed by atoms with Gasteiger partial charge in [-0.25, -0.2) is 0 Å². The average molecular weight is 375 g/mol. The zero-order valence-corrected chi connectivity index (χ0v) is 18.3. The Morgan fingerprint density at radius 2 is 1.85 bits per heavy atom. The summed E-state index contributed by atoms with van der Waals surface area (Å²) in [6.45, 7) is 11.5. The van der Waals surface area contributed by atoms with Crippen LogP contribution in [0, 0.1) is 40.4 Å². The summed E-state index contributed by atoms with van der Waals surface area (Å²) in [5.41, 5.74) is 1.84. The number of allylic oxidation sites excluding steroid dienone is 1. The van der Waals surface area contributed by atoms with Crippen LogP contribution in [0.4, 0.5) is 0 Å². The highest BCUT2D eigenvalue weighted by Gasteiger charge is 2.59. The van der Waals surface area contributed by atoms with E-state index >= 15 is 0 Å². The molecule has 8 atom stereocenters. The molecule has 4 rings (SSSR count). The van der Waals surface area contributed by atoms with E-state index in [2.05, 4.69) is 26.8 Å². The second-order valence-corrected chi connectivity index (χ2v) is 11.9. The van der Waals surface area contributed by atoms with Crippen LogP contribution >= 0.6 is 0 Å².